The van der Waals surface area contributed by atoms with Crippen LogP contribution in [0.4, 0.5) is 16.2 Å². The van der Waals surface area contributed by atoms with Crippen LogP contribution in [0.1, 0.15) is 33.5 Å². The summed E-state index contributed by atoms with van der Waals surface area (Å²) in [5, 5.41) is 18.7. The maximum Gasteiger partial charge on any atom is 0.323 e. The van der Waals surface area contributed by atoms with Gasteiger partial charge in [0.2, 0.25) is 0 Å². The van der Waals surface area contributed by atoms with E-state index in [1.807, 2.05) is 57.2 Å². The summed E-state index contributed by atoms with van der Waals surface area (Å²) in [6.07, 6.45) is -0.186. The Morgan fingerprint density at radius 3 is 2.10 bits per heavy atom. The van der Waals surface area contributed by atoms with Crippen molar-refractivity contribution in [3.63, 3.8) is 0 Å². The van der Waals surface area contributed by atoms with Crippen LogP contribution in [-0.2, 0) is 4.79 Å². The number of carbonyl (C=O) groups excluding carboxylic acids is 2. The van der Waals surface area contributed by atoms with Gasteiger partial charge in [0, 0.05) is 12.2 Å². The third-order valence-corrected chi connectivity index (χ3v) is 4.92. The van der Waals surface area contributed by atoms with Crippen molar-refractivity contribution in [1.82, 2.24) is 5.32 Å². The molecule has 0 bridgehead atoms. The molecule has 0 aliphatic rings. The number of hydrogen-bond acceptors (Lipinski definition) is 3. The number of amides is 3. The topological polar surface area (TPSA) is 108 Å². The second kappa shape index (κ2) is 9.30. The van der Waals surface area contributed by atoms with Crippen molar-refractivity contribution >= 4 is 40.1 Å². The van der Waals surface area contributed by atoms with E-state index in [0.717, 1.165) is 33.2 Å². The van der Waals surface area contributed by atoms with Gasteiger partial charge in [0.05, 0.1) is 17.7 Å². The Bertz CT molecular complexity index is 1150. The molecule has 0 spiro atoms. The van der Waals surface area contributed by atoms with Crippen molar-refractivity contribution in [2.24, 2.45) is 0 Å². The Morgan fingerprint density at radius 2 is 1.48 bits per heavy atom. The van der Waals surface area contributed by atoms with E-state index in [1.54, 1.807) is 12.1 Å². The number of carboxylic acids is 1. The van der Waals surface area contributed by atoms with Gasteiger partial charge in [-0.05, 0) is 54.8 Å². The summed E-state index contributed by atoms with van der Waals surface area (Å²) in [5.74, 6) is -1.45. The highest BCUT2D eigenvalue weighted by atomic mass is 16.4. The van der Waals surface area contributed by atoms with Gasteiger partial charge in [-0.25, -0.2) is 4.79 Å². The molecule has 7 heteroatoms. The van der Waals surface area contributed by atoms with Crippen LogP contribution in [0.3, 0.4) is 0 Å². The van der Waals surface area contributed by atoms with E-state index in [-0.39, 0.29) is 18.5 Å². The molecule has 0 atom stereocenters. The van der Waals surface area contributed by atoms with Gasteiger partial charge in [0.15, 0.2) is 0 Å². The van der Waals surface area contributed by atoms with Gasteiger partial charge in [0.1, 0.15) is 0 Å². The van der Waals surface area contributed by atoms with Crippen LogP contribution in [0.5, 0.6) is 0 Å². The fraction of sp³-hybridized carbons (Fsp3) is 0.208. The first-order valence-corrected chi connectivity index (χ1v) is 9.93. The van der Waals surface area contributed by atoms with Crippen molar-refractivity contribution in [2.75, 3.05) is 17.2 Å². The van der Waals surface area contributed by atoms with E-state index in [9.17, 15) is 14.4 Å². The monoisotopic (exact) mass is 419 g/mol. The van der Waals surface area contributed by atoms with Crippen molar-refractivity contribution in [3.05, 3.63) is 70.8 Å². The molecule has 4 N–H and O–H groups in total. The molecule has 0 radical (unpaired) electrons. The van der Waals surface area contributed by atoms with Gasteiger partial charge in [-0.3, -0.25) is 9.59 Å². The molecule has 0 unspecified atom stereocenters. The Labute approximate surface area is 180 Å². The lowest BCUT2D eigenvalue weighted by Gasteiger charge is -2.16. The molecule has 3 amide bonds. The van der Waals surface area contributed by atoms with Crippen molar-refractivity contribution in [3.8, 4) is 0 Å². The van der Waals surface area contributed by atoms with E-state index < -0.39 is 17.9 Å². The molecular weight excluding hydrogens is 394 g/mol. The standard InChI is InChI=1S/C24H25N3O4/c1-14-10-15(2)22(16(3)11-14)27-24(31)26-20-13-18-7-5-4-6-17(18)12-19(20)23(30)25-9-8-21(28)29/h4-7,10-13H,8-9H2,1-3H3,(H,25,30)(H,28,29)(H2,26,27,31). The third kappa shape index (κ3) is 5.39. The van der Waals surface area contributed by atoms with Gasteiger partial charge < -0.3 is 21.1 Å². The van der Waals surface area contributed by atoms with Crippen LogP contribution in [0.2, 0.25) is 0 Å². The van der Waals surface area contributed by atoms with Gasteiger partial charge >= 0.3 is 12.0 Å². The first-order valence-electron chi connectivity index (χ1n) is 9.93. The van der Waals surface area contributed by atoms with Gasteiger partial charge in [-0.2, -0.15) is 0 Å². The molecule has 0 aliphatic heterocycles. The SMILES string of the molecule is Cc1cc(C)c(NC(=O)Nc2cc3ccccc3cc2C(=O)NCCC(=O)O)c(C)c1. The van der Waals surface area contributed by atoms with E-state index in [1.165, 1.54) is 0 Å². The van der Waals surface area contributed by atoms with Gasteiger partial charge in [-0.1, -0.05) is 42.0 Å². The lowest BCUT2D eigenvalue weighted by Crippen LogP contribution is -2.28. The van der Waals surface area contributed by atoms with Crippen LogP contribution >= 0.6 is 0 Å². The Morgan fingerprint density at radius 1 is 0.871 bits per heavy atom. The summed E-state index contributed by atoms with van der Waals surface area (Å²) in [4.78, 5) is 36.2. The lowest BCUT2D eigenvalue weighted by molar-refractivity contribution is -0.136. The summed E-state index contributed by atoms with van der Waals surface area (Å²) in [6, 6.07) is 14.4. The summed E-state index contributed by atoms with van der Waals surface area (Å²) in [5.41, 5.74) is 4.31. The molecule has 0 aliphatic carbocycles. The molecule has 0 saturated carbocycles. The number of carboxylic acid groups (broad SMARTS) is 1. The van der Waals surface area contributed by atoms with Crippen molar-refractivity contribution < 1.29 is 19.5 Å². The van der Waals surface area contributed by atoms with Crippen LogP contribution in [0.25, 0.3) is 10.8 Å². The number of aliphatic carboxylic acids is 1. The Balaban J connectivity index is 1.88. The van der Waals surface area contributed by atoms with Gasteiger partial charge in [-0.15, -0.1) is 0 Å². The van der Waals surface area contributed by atoms with E-state index in [4.69, 9.17) is 5.11 Å². The smallest absolute Gasteiger partial charge is 0.323 e. The number of nitrogens with one attached hydrogen (secondary N) is 3. The first kappa shape index (κ1) is 21.8. The molecular formula is C24H25N3O4. The first-order chi connectivity index (χ1) is 14.7. The fourth-order valence-electron chi connectivity index (χ4n) is 3.55. The molecule has 0 heterocycles. The molecule has 160 valence electrons. The molecule has 0 fully saturated rings. The molecule has 3 aromatic rings. The summed E-state index contributed by atoms with van der Waals surface area (Å²) in [7, 11) is 0. The van der Waals surface area contributed by atoms with Crippen LogP contribution in [-0.4, -0.2) is 29.6 Å². The van der Waals surface area contributed by atoms with Crippen molar-refractivity contribution in [1.29, 1.82) is 0 Å². The highest BCUT2D eigenvalue weighted by Crippen LogP contribution is 2.26. The van der Waals surface area contributed by atoms with Crippen molar-refractivity contribution in [2.45, 2.75) is 27.2 Å². The molecule has 7 nitrogen and oxygen atoms in total. The molecule has 0 saturated heterocycles. The number of aryl methyl sites for hydroxylation is 3. The Kier molecular flexibility index (Phi) is 6.55. The minimum absolute atomic E-state index is 0.00557. The third-order valence-electron chi connectivity index (χ3n) is 4.92. The second-order valence-electron chi connectivity index (χ2n) is 7.50. The zero-order chi connectivity index (χ0) is 22.5. The Hall–Kier alpha value is -3.87. The van der Waals surface area contributed by atoms with E-state index in [2.05, 4.69) is 16.0 Å². The predicted octanol–water partition coefficient (Wildman–Crippen LogP) is 4.61. The summed E-state index contributed by atoms with van der Waals surface area (Å²) in [6.45, 7) is 5.84. The maximum atomic E-state index is 12.8. The number of carbonyl (C=O) groups is 3. The molecule has 31 heavy (non-hydrogen) atoms. The largest absolute Gasteiger partial charge is 0.481 e. The zero-order valence-electron chi connectivity index (χ0n) is 17.7. The summed E-state index contributed by atoms with van der Waals surface area (Å²) >= 11 is 0. The average Bonchev–Trinajstić information content (AvgIpc) is 2.69. The number of hydrogen-bond donors (Lipinski definition) is 4. The number of fused-ring (bicyclic) bond motifs is 1. The maximum absolute atomic E-state index is 12.8. The molecule has 0 aromatic heterocycles. The summed E-state index contributed by atoms with van der Waals surface area (Å²) < 4.78 is 0. The number of urea groups is 1. The van der Waals surface area contributed by atoms with E-state index in [0.29, 0.717) is 5.69 Å². The number of benzene rings is 3. The van der Waals surface area contributed by atoms with E-state index >= 15 is 0 Å². The van der Waals surface area contributed by atoms with Crippen LogP contribution in [0.15, 0.2) is 48.5 Å². The molecule has 3 rings (SSSR count). The van der Waals surface area contributed by atoms with Gasteiger partial charge in [0.25, 0.3) is 5.91 Å². The average molecular weight is 419 g/mol. The minimum atomic E-state index is -1.000. The fourth-order valence-corrected chi connectivity index (χ4v) is 3.55. The molecule has 3 aromatic carbocycles. The highest BCUT2D eigenvalue weighted by Gasteiger charge is 2.16. The highest BCUT2D eigenvalue weighted by molar-refractivity contribution is 6.10. The normalized spacial score (nSPS) is 10.5. The number of rotatable bonds is 6. The zero-order valence-corrected chi connectivity index (χ0v) is 17.7. The van der Waals surface area contributed by atoms with Crippen LogP contribution in [0, 0.1) is 20.8 Å². The second-order valence-corrected chi connectivity index (χ2v) is 7.50. The van der Waals surface area contributed by atoms with Crippen LogP contribution < -0.4 is 16.0 Å². The predicted molar refractivity (Wildman–Crippen MR) is 122 cm³/mol. The quantitative estimate of drug-likeness (QED) is 0.468. The number of anilines is 2. The lowest BCUT2D eigenvalue weighted by atomic mass is 10.0. The minimum Gasteiger partial charge on any atom is -0.481 e.